The molecule has 0 aliphatic carbocycles. The van der Waals surface area contributed by atoms with Crippen LogP contribution in [0.2, 0.25) is 0 Å². The van der Waals surface area contributed by atoms with Gasteiger partial charge in [-0.2, -0.15) is 5.10 Å². The van der Waals surface area contributed by atoms with Crippen molar-refractivity contribution in [3.63, 3.8) is 0 Å². The lowest BCUT2D eigenvalue weighted by atomic mass is 9.96. The fourth-order valence-corrected chi connectivity index (χ4v) is 4.72. The number of aromatic nitrogens is 3. The largest absolute Gasteiger partial charge is 0.381 e. The Hall–Kier alpha value is -2.58. The van der Waals surface area contributed by atoms with E-state index in [0.717, 1.165) is 53.6 Å². The van der Waals surface area contributed by atoms with E-state index in [1.807, 2.05) is 16.3 Å². The van der Waals surface area contributed by atoms with E-state index in [2.05, 4.69) is 31.2 Å². The number of carbonyl (C=O) groups excluding carboxylic acids is 1. The Kier molecular flexibility index (Phi) is 6.71. The van der Waals surface area contributed by atoms with E-state index in [1.165, 1.54) is 23.5 Å². The van der Waals surface area contributed by atoms with Gasteiger partial charge >= 0.3 is 0 Å². The molecule has 1 aliphatic heterocycles. The van der Waals surface area contributed by atoms with Crippen molar-refractivity contribution in [3.8, 4) is 21.8 Å². The second-order valence-electron chi connectivity index (χ2n) is 9.18. The van der Waals surface area contributed by atoms with Crippen LogP contribution in [-0.2, 0) is 21.6 Å². The molecule has 1 aliphatic rings. The van der Waals surface area contributed by atoms with Crippen molar-refractivity contribution in [3.05, 3.63) is 47.4 Å². The molecule has 0 radical (unpaired) electrons. The number of rotatable bonds is 6. The molecule has 3 aromatic rings. The molecule has 1 N–H and O–H groups in total. The van der Waals surface area contributed by atoms with Crippen molar-refractivity contribution >= 4 is 17.2 Å². The number of nitrogens with one attached hydrogen (secondary N) is 1. The highest BCUT2D eigenvalue weighted by Gasteiger charge is 2.24. The molecule has 32 heavy (non-hydrogen) atoms. The summed E-state index contributed by atoms with van der Waals surface area (Å²) in [5.74, 6) is 0.181. The Balaban J connectivity index is 1.51. The van der Waals surface area contributed by atoms with Crippen molar-refractivity contribution in [2.45, 2.75) is 52.1 Å². The summed E-state index contributed by atoms with van der Waals surface area (Å²) in [7, 11) is 0. The van der Waals surface area contributed by atoms with Gasteiger partial charge in [0.15, 0.2) is 0 Å². The van der Waals surface area contributed by atoms with Gasteiger partial charge in [-0.3, -0.25) is 9.48 Å². The molecule has 2 aromatic heterocycles. The smallest absolute Gasteiger partial charge is 0.220 e. The van der Waals surface area contributed by atoms with Gasteiger partial charge in [0.25, 0.3) is 0 Å². The van der Waals surface area contributed by atoms with Gasteiger partial charge in [0.05, 0.1) is 35.2 Å². The van der Waals surface area contributed by atoms with Crippen molar-refractivity contribution in [2.24, 2.45) is 5.92 Å². The molecule has 1 fully saturated rings. The molecule has 1 amide bonds. The van der Waals surface area contributed by atoms with E-state index >= 15 is 0 Å². The number of benzene rings is 1. The van der Waals surface area contributed by atoms with Crippen LogP contribution in [0.25, 0.3) is 21.8 Å². The van der Waals surface area contributed by atoms with Crippen molar-refractivity contribution in [2.75, 3.05) is 13.2 Å². The zero-order chi connectivity index (χ0) is 22.7. The van der Waals surface area contributed by atoms with E-state index < -0.39 is 0 Å². The summed E-state index contributed by atoms with van der Waals surface area (Å²) >= 11 is 1.52. The summed E-state index contributed by atoms with van der Waals surface area (Å²) in [6.45, 7) is 8.13. The topological polar surface area (TPSA) is 69.0 Å². The van der Waals surface area contributed by atoms with Gasteiger partial charge in [0, 0.05) is 30.6 Å². The minimum absolute atomic E-state index is 0.0546. The monoisotopic (exact) mass is 456 g/mol. The fraction of sp³-hybridized carbons (Fsp3) is 0.458. The molecular weight excluding hydrogens is 427 g/mol. The summed E-state index contributed by atoms with van der Waals surface area (Å²) in [4.78, 5) is 17.1. The van der Waals surface area contributed by atoms with Crippen LogP contribution in [0.5, 0.6) is 0 Å². The number of nitrogens with zero attached hydrogens (tertiary/aromatic N) is 3. The second-order valence-corrected chi connectivity index (χ2v) is 10.0. The molecule has 1 aromatic carbocycles. The zero-order valence-corrected chi connectivity index (χ0v) is 19.5. The first-order valence-corrected chi connectivity index (χ1v) is 11.8. The molecule has 0 saturated carbocycles. The van der Waals surface area contributed by atoms with Gasteiger partial charge < -0.3 is 10.1 Å². The summed E-state index contributed by atoms with van der Waals surface area (Å²) in [5.41, 5.74) is 3.26. The Morgan fingerprint density at radius 2 is 1.97 bits per heavy atom. The number of halogens is 1. The molecule has 0 spiro atoms. The standard InChI is InChI=1S/C24H29FN4O2S/c1-24(2,3)29-22(17-4-6-18(25)7-5-17)20(14-27-29)23-28-19(15-32-23)13-26-21(30)12-16-8-10-31-11-9-16/h4-7,14-16H,8-13H2,1-3H3,(H,26,30). The van der Waals surface area contributed by atoms with Crippen LogP contribution >= 0.6 is 11.3 Å². The second kappa shape index (κ2) is 9.50. The number of ether oxygens (including phenoxy) is 1. The lowest BCUT2D eigenvalue weighted by Crippen LogP contribution is -2.27. The highest BCUT2D eigenvalue weighted by molar-refractivity contribution is 7.13. The van der Waals surface area contributed by atoms with Crippen LogP contribution in [0.15, 0.2) is 35.8 Å². The first-order chi connectivity index (χ1) is 15.3. The van der Waals surface area contributed by atoms with Crippen LogP contribution in [0, 0.1) is 11.7 Å². The number of hydrogen-bond acceptors (Lipinski definition) is 5. The molecule has 8 heteroatoms. The Morgan fingerprint density at radius 1 is 1.25 bits per heavy atom. The average Bonchev–Trinajstić information content (AvgIpc) is 3.40. The molecule has 4 rings (SSSR count). The van der Waals surface area contributed by atoms with E-state index in [-0.39, 0.29) is 17.3 Å². The van der Waals surface area contributed by atoms with Gasteiger partial charge in [0.2, 0.25) is 5.91 Å². The highest BCUT2D eigenvalue weighted by Crippen LogP contribution is 2.36. The van der Waals surface area contributed by atoms with Gasteiger partial charge in [-0.05, 0) is 63.8 Å². The third-order valence-corrected chi connectivity index (χ3v) is 6.51. The van der Waals surface area contributed by atoms with E-state index in [0.29, 0.717) is 18.9 Å². The molecule has 1 saturated heterocycles. The minimum atomic E-state index is -0.273. The van der Waals surface area contributed by atoms with Crippen molar-refractivity contribution in [1.29, 1.82) is 0 Å². The molecule has 6 nitrogen and oxygen atoms in total. The quantitative estimate of drug-likeness (QED) is 0.567. The van der Waals surface area contributed by atoms with Gasteiger partial charge in [-0.15, -0.1) is 11.3 Å². The maximum atomic E-state index is 13.5. The third kappa shape index (κ3) is 5.24. The Bertz CT molecular complexity index is 1060. The summed E-state index contributed by atoms with van der Waals surface area (Å²) in [5, 5.41) is 10.4. The van der Waals surface area contributed by atoms with Crippen LogP contribution in [0.4, 0.5) is 4.39 Å². The summed E-state index contributed by atoms with van der Waals surface area (Å²) in [6.07, 6.45) is 4.24. The summed E-state index contributed by atoms with van der Waals surface area (Å²) < 4.78 is 20.8. The SMILES string of the molecule is CC(C)(C)n1ncc(-c2nc(CNC(=O)CC3CCOCC3)cs2)c1-c1ccc(F)cc1. The fourth-order valence-electron chi connectivity index (χ4n) is 3.89. The number of amides is 1. The molecule has 170 valence electrons. The first kappa shape index (κ1) is 22.6. The molecule has 3 heterocycles. The number of thiazole rings is 1. The first-order valence-electron chi connectivity index (χ1n) is 10.9. The predicted molar refractivity (Wildman–Crippen MR) is 124 cm³/mol. The molecule has 0 atom stereocenters. The number of hydrogen-bond donors (Lipinski definition) is 1. The Labute approximate surface area is 191 Å². The lowest BCUT2D eigenvalue weighted by molar-refractivity contribution is -0.122. The van der Waals surface area contributed by atoms with Crippen LogP contribution in [-0.4, -0.2) is 33.9 Å². The maximum Gasteiger partial charge on any atom is 0.220 e. The Morgan fingerprint density at radius 3 is 2.66 bits per heavy atom. The van der Waals surface area contributed by atoms with E-state index in [4.69, 9.17) is 9.72 Å². The molecule has 0 unspecified atom stereocenters. The minimum Gasteiger partial charge on any atom is -0.381 e. The van der Waals surface area contributed by atoms with Crippen molar-refractivity contribution in [1.82, 2.24) is 20.1 Å². The van der Waals surface area contributed by atoms with Crippen molar-refractivity contribution < 1.29 is 13.9 Å². The molecule has 0 bridgehead atoms. The normalized spacial score (nSPS) is 15.1. The predicted octanol–water partition coefficient (Wildman–Crippen LogP) is 5.00. The zero-order valence-electron chi connectivity index (χ0n) is 18.7. The van der Waals surface area contributed by atoms with E-state index in [9.17, 15) is 9.18 Å². The average molecular weight is 457 g/mol. The molecular formula is C24H29FN4O2S. The van der Waals surface area contributed by atoms with Gasteiger partial charge in [-0.25, -0.2) is 9.37 Å². The van der Waals surface area contributed by atoms with Crippen LogP contribution in [0.3, 0.4) is 0 Å². The number of carbonyl (C=O) groups is 1. The van der Waals surface area contributed by atoms with Gasteiger partial charge in [0.1, 0.15) is 10.8 Å². The maximum absolute atomic E-state index is 13.5. The summed E-state index contributed by atoms with van der Waals surface area (Å²) in [6, 6.07) is 6.45. The van der Waals surface area contributed by atoms with Crippen LogP contribution in [0.1, 0.15) is 45.7 Å². The highest BCUT2D eigenvalue weighted by atomic mass is 32.1. The van der Waals surface area contributed by atoms with E-state index in [1.54, 1.807) is 12.1 Å². The third-order valence-electron chi connectivity index (χ3n) is 5.59. The van der Waals surface area contributed by atoms with Crippen LogP contribution < -0.4 is 5.32 Å². The van der Waals surface area contributed by atoms with Gasteiger partial charge in [-0.1, -0.05) is 0 Å². The lowest BCUT2D eigenvalue weighted by Gasteiger charge is -2.23.